The van der Waals surface area contributed by atoms with Gasteiger partial charge in [-0.1, -0.05) is 11.6 Å². The summed E-state index contributed by atoms with van der Waals surface area (Å²) in [4.78, 5) is 27.1. The second-order valence-corrected chi connectivity index (χ2v) is 4.21. The molecule has 2 rings (SSSR count). The Bertz CT molecular complexity index is 450. The summed E-state index contributed by atoms with van der Waals surface area (Å²) in [7, 11) is 0. The van der Waals surface area contributed by atoms with Crippen LogP contribution in [0.4, 0.5) is 0 Å². The first-order chi connectivity index (χ1) is 8.16. The van der Waals surface area contributed by atoms with E-state index in [2.05, 4.69) is 15.6 Å². The highest BCUT2D eigenvalue weighted by atomic mass is 35.5. The van der Waals surface area contributed by atoms with Crippen LogP contribution in [0.5, 0.6) is 0 Å². The van der Waals surface area contributed by atoms with Gasteiger partial charge in [0.2, 0.25) is 5.91 Å². The number of aromatic nitrogens is 1. The van der Waals surface area contributed by atoms with Gasteiger partial charge >= 0.3 is 0 Å². The molecule has 0 radical (unpaired) electrons. The zero-order valence-corrected chi connectivity index (χ0v) is 9.83. The SMILES string of the molecule is O=C(NC1CCCNC1=O)c1ccnc(Cl)c1. The molecule has 1 aromatic heterocycles. The van der Waals surface area contributed by atoms with Crippen LogP contribution in [0.25, 0.3) is 0 Å². The molecule has 2 amide bonds. The monoisotopic (exact) mass is 253 g/mol. The van der Waals surface area contributed by atoms with Crippen molar-refractivity contribution in [1.82, 2.24) is 15.6 Å². The molecular weight excluding hydrogens is 242 g/mol. The quantitative estimate of drug-likeness (QED) is 0.764. The van der Waals surface area contributed by atoms with Gasteiger partial charge in [-0.3, -0.25) is 9.59 Å². The predicted molar refractivity (Wildman–Crippen MR) is 62.7 cm³/mol. The van der Waals surface area contributed by atoms with Crippen molar-refractivity contribution in [3.8, 4) is 0 Å². The van der Waals surface area contributed by atoms with Crippen LogP contribution in [0.3, 0.4) is 0 Å². The first kappa shape index (κ1) is 11.9. The predicted octanol–water partition coefficient (Wildman–Crippen LogP) is 0.743. The third-order valence-electron chi connectivity index (χ3n) is 2.58. The molecule has 1 fully saturated rings. The number of pyridine rings is 1. The molecule has 0 spiro atoms. The number of nitrogens with zero attached hydrogens (tertiary/aromatic N) is 1. The van der Waals surface area contributed by atoms with Crippen LogP contribution < -0.4 is 10.6 Å². The maximum Gasteiger partial charge on any atom is 0.252 e. The number of nitrogens with one attached hydrogen (secondary N) is 2. The van der Waals surface area contributed by atoms with Crippen LogP contribution in [0.15, 0.2) is 18.3 Å². The van der Waals surface area contributed by atoms with Gasteiger partial charge in [0.25, 0.3) is 5.91 Å². The first-order valence-electron chi connectivity index (χ1n) is 5.37. The Morgan fingerprint density at radius 2 is 2.41 bits per heavy atom. The highest BCUT2D eigenvalue weighted by molar-refractivity contribution is 6.29. The third kappa shape index (κ3) is 2.94. The van der Waals surface area contributed by atoms with E-state index in [1.807, 2.05) is 0 Å². The molecule has 1 aromatic rings. The molecule has 1 unspecified atom stereocenters. The Morgan fingerprint density at radius 3 is 3.12 bits per heavy atom. The maximum atomic E-state index is 11.8. The molecule has 17 heavy (non-hydrogen) atoms. The number of halogens is 1. The van der Waals surface area contributed by atoms with E-state index in [0.29, 0.717) is 18.5 Å². The lowest BCUT2D eigenvalue weighted by atomic mass is 10.1. The lowest BCUT2D eigenvalue weighted by Gasteiger charge is -2.22. The number of piperidine rings is 1. The number of hydrogen-bond acceptors (Lipinski definition) is 3. The van der Waals surface area contributed by atoms with Gasteiger partial charge in [-0.05, 0) is 25.0 Å². The molecule has 5 nitrogen and oxygen atoms in total. The lowest BCUT2D eigenvalue weighted by Crippen LogP contribution is -2.50. The molecule has 0 aliphatic carbocycles. The first-order valence-corrected chi connectivity index (χ1v) is 5.75. The summed E-state index contributed by atoms with van der Waals surface area (Å²) in [5.41, 5.74) is 0.406. The van der Waals surface area contributed by atoms with Gasteiger partial charge in [-0.25, -0.2) is 4.98 Å². The average molecular weight is 254 g/mol. The summed E-state index contributed by atoms with van der Waals surface area (Å²) in [5, 5.41) is 5.64. The smallest absolute Gasteiger partial charge is 0.252 e. The summed E-state index contributed by atoms with van der Waals surface area (Å²) in [6.07, 6.45) is 2.99. The average Bonchev–Trinajstić information content (AvgIpc) is 2.32. The van der Waals surface area contributed by atoms with Gasteiger partial charge < -0.3 is 10.6 Å². The van der Waals surface area contributed by atoms with Crippen LogP contribution in [0, 0.1) is 0 Å². The summed E-state index contributed by atoms with van der Waals surface area (Å²) in [6, 6.07) is 2.57. The number of rotatable bonds is 2. The molecule has 0 bridgehead atoms. The molecule has 1 aliphatic rings. The number of carbonyl (C=O) groups excluding carboxylic acids is 2. The van der Waals surface area contributed by atoms with Crippen molar-refractivity contribution < 1.29 is 9.59 Å². The Balaban J connectivity index is 2.03. The largest absolute Gasteiger partial charge is 0.354 e. The minimum absolute atomic E-state index is 0.134. The van der Waals surface area contributed by atoms with E-state index in [1.165, 1.54) is 12.3 Å². The highest BCUT2D eigenvalue weighted by Crippen LogP contribution is 2.09. The van der Waals surface area contributed by atoms with Crippen LogP contribution in [-0.2, 0) is 4.79 Å². The van der Waals surface area contributed by atoms with E-state index in [1.54, 1.807) is 6.07 Å². The summed E-state index contributed by atoms with van der Waals surface area (Å²) in [5.74, 6) is -0.443. The van der Waals surface area contributed by atoms with Crippen molar-refractivity contribution in [3.63, 3.8) is 0 Å². The molecule has 1 atom stereocenters. The van der Waals surface area contributed by atoms with Crippen molar-refractivity contribution in [2.24, 2.45) is 0 Å². The minimum atomic E-state index is -0.455. The molecular formula is C11H12ClN3O2. The van der Waals surface area contributed by atoms with Crippen LogP contribution in [0.2, 0.25) is 5.15 Å². The van der Waals surface area contributed by atoms with E-state index in [9.17, 15) is 9.59 Å². The van der Waals surface area contributed by atoms with E-state index in [4.69, 9.17) is 11.6 Å². The highest BCUT2D eigenvalue weighted by Gasteiger charge is 2.23. The van der Waals surface area contributed by atoms with Crippen molar-refractivity contribution in [1.29, 1.82) is 0 Å². The van der Waals surface area contributed by atoms with E-state index in [0.717, 1.165) is 6.42 Å². The number of carbonyl (C=O) groups is 2. The zero-order valence-electron chi connectivity index (χ0n) is 9.07. The third-order valence-corrected chi connectivity index (χ3v) is 2.79. The van der Waals surface area contributed by atoms with Crippen LogP contribution in [0.1, 0.15) is 23.2 Å². The molecule has 1 saturated heterocycles. The van der Waals surface area contributed by atoms with Crippen LogP contribution in [-0.4, -0.2) is 29.4 Å². The Hall–Kier alpha value is -1.62. The lowest BCUT2D eigenvalue weighted by molar-refractivity contribution is -0.124. The molecule has 1 aliphatic heterocycles. The second-order valence-electron chi connectivity index (χ2n) is 3.83. The number of amides is 2. The van der Waals surface area contributed by atoms with E-state index >= 15 is 0 Å². The van der Waals surface area contributed by atoms with Crippen molar-refractivity contribution in [3.05, 3.63) is 29.0 Å². The minimum Gasteiger partial charge on any atom is -0.354 e. The molecule has 90 valence electrons. The maximum absolute atomic E-state index is 11.8. The summed E-state index contributed by atoms with van der Waals surface area (Å²) >= 11 is 5.69. The Morgan fingerprint density at radius 1 is 1.59 bits per heavy atom. The fourth-order valence-electron chi connectivity index (χ4n) is 1.70. The fraction of sp³-hybridized carbons (Fsp3) is 0.364. The standard InChI is InChI=1S/C11H12ClN3O2/c12-9-6-7(3-5-13-9)10(16)15-8-2-1-4-14-11(8)17/h3,5-6,8H,1-2,4H2,(H,14,17)(H,15,16). The van der Waals surface area contributed by atoms with Gasteiger partial charge in [-0.15, -0.1) is 0 Å². The fourth-order valence-corrected chi connectivity index (χ4v) is 1.87. The van der Waals surface area contributed by atoms with Gasteiger partial charge in [0.1, 0.15) is 11.2 Å². The second kappa shape index (κ2) is 5.14. The van der Waals surface area contributed by atoms with Crippen molar-refractivity contribution >= 4 is 23.4 Å². The van der Waals surface area contributed by atoms with Gasteiger partial charge in [0, 0.05) is 18.3 Å². The van der Waals surface area contributed by atoms with Gasteiger partial charge in [-0.2, -0.15) is 0 Å². The Labute approximate surface area is 104 Å². The number of hydrogen-bond donors (Lipinski definition) is 2. The van der Waals surface area contributed by atoms with Gasteiger partial charge in [0.05, 0.1) is 0 Å². The van der Waals surface area contributed by atoms with Crippen LogP contribution >= 0.6 is 11.6 Å². The van der Waals surface area contributed by atoms with Crippen molar-refractivity contribution in [2.45, 2.75) is 18.9 Å². The zero-order chi connectivity index (χ0) is 12.3. The topological polar surface area (TPSA) is 71.1 Å². The van der Waals surface area contributed by atoms with E-state index in [-0.39, 0.29) is 17.0 Å². The molecule has 6 heteroatoms. The molecule has 2 N–H and O–H groups in total. The van der Waals surface area contributed by atoms with Gasteiger partial charge in [0.15, 0.2) is 0 Å². The normalized spacial score (nSPS) is 19.6. The Kier molecular flexibility index (Phi) is 3.58. The summed E-state index contributed by atoms with van der Waals surface area (Å²) in [6.45, 7) is 0.673. The molecule has 0 aromatic carbocycles. The van der Waals surface area contributed by atoms with Crippen molar-refractivity contribution in [2.75, 3.05) is 6.54 Å². The van der Waals surface area contributed by atoms with E-state index < -0.39 is 6.04 Å². The summed E-state index contributed by atoms with van der Waals surface area (Å²) < 4.78 is 0. The molecule has 0 saturated carbocycles. The molecule has 2 heterocycles.